The Morgan fingerprint density at radius 3 is 2.12 bits per heavy atom. The number of ketones is 1. The summed E-state index contributed by atoms with van der Waals surface area (Å²) >= 11 is 0. The van der Waals surface area contributed by atoms with E-state index in [-0.39, 0.29) is 11.0 Å². The smallest absolute Gasteiger partial charge is 0.412 e. The van der Waals surface area contributed by atoms with Crippen LogP contribution in [0.5, 0.6) is 0 Å². The zero-order valence-corrected chi connectivity index (χ0v) is 8.54. The average molecular weight is 249 g/mol. The van der Waals surface area contributed by atoms with Gasteiger partial charge in [0.25, 0.3) is 11.7 Å². The van der Waals surface area contributed by atoms with Crippen molar-refractivity contribution in [1.82, 2.24) is 5.32 Å². The van der Waals surface area contributed by atoms with Crippen LogP contribution >= 0.6 is 0 Å². The van der Waals surface area contributed by atoms with Crippen molar-refractivity contribution in [2.45, 2.75) is 6.18 Å². The van der Waals surface area contributed by atoms with Gasteiger partial charge in [0.1, 0.15) is 0 Å². The number of rotatable bonds is 3. The summed E-state index contributed by atoms with van der Waals surface area (Å²) < 4.78 is 35.4. The highest BCUT2D eigenvalue weighted by Crippen LogP contribution is 2.15. The van der Waals surface area contributed by atoms with Crippen LogP contribution in [0.3, 0.4) is 0 Å². The van der Waals surface area contributed by atoms with Crippen molar-refractivity contribution in [3.63, 3.8) is 0 Å². The summed E-state index contributed by atoms with van der Waals surface area (Å²) in [6.45, 7) is -1.04. The van der Waals surface area contributed by atoms with Crippen LogP contribution in [0.2, 0.25) is 0 Å². The van der Waals surface area contributed by atoms with Crippen molar-refractivity contribution in [2.75, 3.05) is 6.54 Å². The third kappa shape index (κ3) is 4.64. The van der Waals surface area contributed by atoms with Gasteiger partial charge >= 0.3 is 6.18 Å². The first-order chi connectivity index (χ1) is 7.41. The zero-order valence-electron chi connectivity index (χ0n) is 8.54. The van der Waals surface area contributed by atoms with E-state index < -0.39 is 24.4 Å². The van der Waals surface area contributed by atoms with E-state index in [2.05, 4.69) is 0 Å². The van der Waals surface area contributed by atoms with Crippen molar-refractivity contribution in [2.24, 2.45) is 0 Å². The Morgan fingerprint density at radius 1 is 1.12 bits per heavy atom. The molecule has 0 spiro atoms. The molecule has 0 radical (unpaired) electrons. The number of alkyl halides is 3. The van der Waals surface area contributed by atoms with Crippen molar-refractivity contribution in [3.05, 3.63) is 35.9 Å². The minimum absolute atomic E-state index is 0. The first kappa shape index (κ1) is 15.1. The number of benzene rings is 1. The topological polar surface area (TPSA) is 77.7 Å². The van der Waals surface area contributed by atoms with Gasteiger partial charge in [0.05, 0.1) is 6.54 Å². The minimum Gasteiger partial charge on any atom is -0.412 e. The molecule has 0 saturated carbocycles. The van der Waals surface area contributed by atoms with Gasteiger partial charge in [-0.2, -0.15) is 13.2 Å². The number of carbonyl (C=O) groups excluding carboxylic acids is 2. The molecule has 17 heavy (non-hydrogen) atoms. The maximum absolute atomic E-state index is 11.8. The second-order valence-electron chi connectivity index (χ2n) is 2.97. The number of halogens is 3. The van der Waals surface area contributed by atoms with Crippen molar-refractivity contribution in [1.29, 1.82) is 0 Å². The Balaban J connectivity index is 0.00000256. The Kier molecular flexibility index (Phi) is 5.33. The highest BCUT2D eigenvalue weighted by Gasteiger charge is 2.37. The molecule has 0 aromatic heterocycles. The van der Waals surface area contributed by atoms with Crippen LogP contribution in [0.15, 0.2) is 30.3 Å². The van der Waals surface area contributed by atoms with Gasteiger partial charge in [-0.1, -0.05) is 18.2 Å². The Hall–Kier alpha value is -1.89. The summed E-state index contributed by atoms with van der Waals surface area (Å²) in [4.78, 5) is 21.7. The fraction of sp³-hybridized carbons (Fsp3) is 0.200. The van der Waals surface area contributed by atoms with Crippen molar-refractivity contribution >= 4 is 11.7 Å². The zero-order chi connectivity index (χ0) is 12.2. The van der Waals surface area contributed by atoms with Crippen LogP contribution in [-0.4, -0.2) is 29.9 Å². The normalized spacial score (nSPS) is 10.3. The number of Topliss-reactive ketones (excluding diaryl/α,β-unsaturated/α-hetero) is 1. The monoisotopic (exact) mass is 249 g/mol. The van der Waals surface area contributed by atoms with Crippen LogP contribution in [0.1, 0.15) is 10.4 Å². The number of hydrogen-bond donors (Lipinski definition) is 1. The van der Waals surface area contributed by atoms with Gasteiger partial charge in [0, 0.05) is 5.56 Å². The molecule has 1 aromatic rings. The predicted molar refractivity (Wildman–Crippen MR) is 53.5 cm³/mol. The molecule has 0 bridgehead atoms. The number of carbonyl (C=O) groups is 2. The average Bonchev–Trinajstić information content (AvgIpc) is 2.25. The summed E-state index contributed by atoms with van der Waals surface area (Å²) in [5.74, 6) is -2.69. The standard InChI is InChI=1S/C10H8F3NO2.H2O/c11-10(12,13)8(15)6-14-9(16)7-4-2-1-3-5-7;/h1-5H,6H2,(H,14,16);1H2. The molecule has 1 rings (SSSR count). The van der Waals surface area contributed by atoms with Crippen LogP contribution in [0.25, 0.3) is 0 Å². The highest BCUT2D eigenvalue weighted by molar-refractivity contribution is 5.97. The molecule has 0 aliphatic heterocycles. The van der Waals surface area contributed by atoms with Gasteiger partial charge in [-0.05, 0) is 12.1 Å². The minimum atomic E-state index is -4.91. The van der Waals surface area contributed by atoms with Gasteiger partial charge < -0.3 is 10.8 Å². The molecule has 0 fully saturated rings. The maximum atomic E-state index is 11.8. The van der Waals surface area contributed by atoms with E-state index in [1.165, 1.54) is 12.1 Å². The molecular formula is C10H10F3NO3. The number of hydrogen-bond acceptors (Lipinski definition) is 2. The van der Waals surface area contributed by atoms with E-state index >= 15 is 0 Å². The second-order valence-corrected chi connectivity index (χ2v) is 2.97. The van der Waals surface area contributed by atoms with E-state index in [1.807, 2.05) is 5.32 Å². The largest absolute Gasteiger partial charge is 0.451 e. The lowest BCUT2D eigenvalue weighted by atomic mass is 10.2. The summed E-state index contributed by atoms with van der Waals surface area (Å²) in [5.41, 5.74) is 0.206. The molecule has 4 nitrogen and oxygen atoms in total. The Bertz CT molecular complexity index is 390. The molecule has 1 amide bonds. The first-order valence-electron chi connectivity index (χ1n) is 4.34. The van der Waals surface area contributed by atoms with Crippen molar-refractivity contribution < 1.29 is 28.2 Å². The van der Waals surface area contributed by atoms with E-state index in [0.717, 1.165) is 0 Å². The van der Waals surface area contributed by atoms with Gasteiger partial charge in [-0.3, -0.25) is 9.59 Å². The van der Waals surface area contributed by atoms with Crippen LogP contribution in [0.4, 0.5) is 13.2 Å². The lowest BCUT2D eigenvalue weighted by Gasteiger charge is -2.06. The molecule has 0 atom stereocenters. The highest BCUT2D eigenvalue weighted by atomic mass is 19.4. The Labute approximate surface area is 94.7 Å². The molecular weight excluding hydrogens is 239 g/mol. The van der Waals surface area contributed by atoms with E-state index in [0.29, 0.717) is 0 Å². The predicted octanol–water partition coefficient (Wildman–Crippen LogP) is 0.723. The van der Waals surface area contributed by atoms with E-state index in [9.17, 15) is 22.8 Å². The first-order valence-corrected chi connectivity index (χ1v) is 4.34. The van der Waals surface area contributed by atoms with Gasteiger partial charge in [-0.25, -0.2) is 0 Å². The molecule has 0 saturated heterocycles. The second kappa shape index (κ2) is 6.00. The van der Waals surface area contributed by atoms with Crippen LogP contribution < -0.4 is 5.32 Å². The summed E-state index contributed by atoms with van der Waals surface area (Å²) in [5, 5.41) is 1.90. The molecule has 7 heteroatoms. The third-order valence-corrected chi connectivity index (χ3v) is 1.76. The van der Waals surface area contributed by atoms with Crippen LogP contribution in [-0.2, 0) is 4.79 Å². The molecule has 1 aromatic carbocycles. The summed E-state index contributed by atoms with van der Waals surface area (Å²) in [6, 6.07) is 7.68. The van der Waals surface area contributed by atoms with Crippen molar-refractivity contribution in [3.8, 4) is 0 Å². The molecule has 3 N–H and O–H groups in total. The molecule has 0 unspecified atom stereocenters. The number of nitrogens with one attached hydrogen (secondary N) is 1. The lowest BCUT2D eigenvalue weighted by Crippen LogP contribution is -2.36. The fourth-order valence-electron chi connectivity index (χ4n) is 0.952. The van der Waals surface area contributed by atoms with Gasteiger partial charge in [-0.15, -0.1) is 0 Å². The fourth-order valence-corrected chi connectivity index (χ4v) is 0.952. The Morgan fingerprint density at radius 2 is 1.65 bits per heavy atom. The van der Waals surface area contributed by atoms with Gasteiger partial charge in [0.15, 0.2) is 0 Å². The third-order valence-electron chi connectivity index (χ3n) is 1.76. The summed E-state index contributed by atoms with van der Waals surface area (Å²) in [7, 11) is 0. The van der Waals surface area contributed by atoms with Gasteiger partial charge in [0.2, 0.25) is 0 Å². The quantitative estimate of drug-likeness (QED) is 0.856. The van der Waals surface area contributed by atoms with Crippen LogP contribution in [0, 0.1) is 0 Å². The number of amides is 1. The summed E-state index contributed by atoms with van der Waals surface area (Å²) in [6.07, 6.45) is -4.91. The molecule has 94 valence electrons. The SMILES string of the molecule is O.O=C(NCC(=O)C(F)(F)F)c1ccccc1. The van der Waals surface area contributed by atoms with E-state index in [4.69, 9.17) is 0 Å². The molecule has 0 aliphatic rings. The maximum Gasteiger partial charge on any atom is 0.451 e. The molecule has 0 heterocycles. The molecule has 0 aliphatic carbocycles. The van der Waals surface area contributed by atoms with E-state index in [1.54, 1.807) is 18.2 Å². The lowest BCUT2D eigenvalue weighted by molar-refractivity contribution is -0.169.